The molecule has 7 nitrogen and oxygen atoms in total. The number of nitrogens with two attached hydrogens (primary N) is 1. The number of amides is 3. The Balaban J connectivity index is 2.45. The normalized spacial score (nSPS) is 9.75. The highest BCUT2D eigenvalue weighted by Gasteiger charge is 2.11. The summed E-state index contributed by atoms with van der Waals surface area (Å²) in [5.41, 5.74) is 4.72. The van der Waals surface area contributed by atoms with Crippen LogP contribution < -0.4 is 11.1 Å². The molecule has 0 unspecified atom stereocenters. The molecule has 1 aromatic rings. The van der Waals surface area contributed by atoms with E-state index in [0.717, 1.165) is 11.8 Å². The van der Waals surface area contributed by atoms with Gasteiger partial charge in [-0.3, -0.25) is 10.1 Å². The van der Waals surface area contributed by atoms with Crippen molar-refractivity contribution < 1.29 is 23.9 Å². The van der Waals surface area contributed by atoms with Gasteiger partial charge in [0.15, 0.2) is 5.09 Å². The van der Waals surface area contributed by atoms with Crippen LogP contribution in [0, 0.1) is 0 Å². The van der Waals surface area contributed by atoms with Crippen LogP contribution in [0.1, 0.15) is 10.6 Å². The van der Waals surface area contributed by atoms with Gasteiger partial charge in [-0.05, 0) is 12.1 Å². The molecule has 0 radical (unpaired) electrons. The molecule has 0 aliphatic rings. The molecule has 3 amide bonds. The number of rotatable bonds is 4. The zero-order chi connectivity index (χ0) is 12.1. The number of nitrogens with one attached hydrogen (secondary N) is 1. The third-order valence-electron chi connectivity index (χ3n) is 1.40. The minimum atomic E-state index is -1.19. The second kappa shape index (κ2) is 5.21. The minimum absolute atomic E-state index is 0.0878. The first kappa shape index (κ1) is 12.1. The van der Waals surface area contributed by atoms with E-state index in [1.54, 1.807) is 0 Å². The fraction of sp³-hybridized carbons (Fsp3) is 0.125. The molecule has 0 bridgehead atoms. The molecule has 8 heteroatoms. The predicted molar refractivity (Wildman–Crippen MR) is 54.1 cm³/mol. The predicted octanol–water partition coefficient (Wildman–Crippen LogP) is 0.265. The number of imide groups is 1. The summed E-state index contributed by atoms with van der Waals surface area (Å²) < 4.78 is 4.87. The Kier molecular flexibility index (Phi) is 3.95. The first-order valence-corrected chi connectivity index (χ1v) is 5.03. The molecule has 1 aromatic heterocycles. The number of thioether (sulfide) groups is 1. The highest BCUT2D eigenvalue weighted by atomic mass is 32.2. The number of primary amides is 1. The molecule has 0 saturated carbocycles. The van der Waals surface area contributed by atoms with Crippen molar-refractivity contribution in [3.05, 3.63) is 17.9 Å². The quantitative estimate of drug-likeness (QED) is 0.653. The number of carboxylic acid groups (broad SMARTS) is 1. The van der Waals surface area contributed by atoms with Gasteiger partial charge in [-0.2, -0.15) is 0 Å². The zero-order valence-corrected chi connectivity index (χ0v) is 8.74. The smallest absolute Gasteiger partial charge is 0.371 e. The minimum Gasteiger partial charge on any atom is -0.475 e. The van der Waals surface area contributed by atoms with Crippen LogP contribution >= 0.6 is 11.8 Å². The van der Waals surface area contributed by atoms with Crippen LogP contribution in [0.15, 0.2) is 21.6 Å². The van der Waals surface area contributed by atoms with Crippen molar-refractivity contribution >= 4 is 29.7 Å². The number of carboxylic acids is 1. The molecule has 1 heterocycles. The van der Waals surface area contributed by atoms with Gasteiger partial charge in [0.05, 0.1) is 5.75 Å². The maximum Gasteiger partial charge on any atom is 0.371 e. The Morgan fingerprint density at radius 2 is 2.12 bits per heavy atom. The molecular formula is C8H8N2O5S. The average molecular weight is 244 g/mol. The topological polar surface area (TPSA) is 123 Å². The Morgan fingerprint density at radius 3 is 2.62 bits per heavy atom. The van der Waals surface area contributed by atoms with E-state index in [-0.39, 0.29) is 16.6 Å². The first-order valence-electron chi connectivity index (χ1n) is 4.04. The van der Waals surface area contributed by atoms with Gasteiger partial charge in [0.2, 0.25) is 11.7 Å². The molecule has 0 aromatic carbocycles. The summed E-state index contributed by atoms with van der Waals surface area (Å²) in [6, 6.07) is 1.76. The number of aromatic carboxylic acids is 1. The zero-order valence-electron chi connectivity index (χ0n) is 7.93. The van der Waals surface area contributed by atoms with Crippen molar-refractivity contribution in [2.75, 3.05) is 5.75 Å². The fourth-order valence-corrected chi connectivity index (χ4v) is 1.48. The van der Waals surface area contributed by atoms with E-state index in [2.05, 4.69) is 0 Å². The number of furan rings is 1. The standard InChI is InChI=1S/C8H8N2O5S/c9-8(14)10-5(11)3-16-6-2-1-4(15-6)7(12)13/h1-2H,3H2,(H,12,13)(H3,9,10,11,14). The van der Waals surface area contributed by atoms with Crippen LogP contribution in [-0.2, 0) is 4.79 Å². The molecule has 0 atom stereocenters. The van der Waals surface area contributed by atoms with Crippen molar-refractivity contribution in [1.82, 2.24) is 5.32 Å². The lowest BCUT2D eigenvalue weighted by molar-refractivity contribution is -0.117. The number of carbonyl (C=O) groups is 3. The van der Waals surface area contributed by atoms with Gasteiger partial charge in [-0.1, -0.05) is 11.8 Å². The molecule has 0 aliphatic heterocycles. The Labute approximate surface area is 94.0 Å². The second-order valence-electron chi connectivity index (χ2n) is 2.62. The van der Waals surface area contributed by atoms with Gasteiger partial charge in [-0.15, -0.1) is 0 Å². The molecular weight excluding hydrogens is 236 g/mol. The Hall–Kier alpha value is -1.96. The number of carbonyl (C=O) groups excluding carboxylic acids is 2. The Bertz CT molecular complexity index is 428. The van der Waals surface area contributed by atoms with Crippen LogP contribution in [0.2, 0.25) is 0 Å². The van der Waals surface area contributed by atoms with Gasteiger partial charge in [0.25, 0.3) is 0 Å². The van der Waals surface area contributed by atoms with Gasteiger partial charge in [0, 0.05) is 0 Å². The third-order valence-corrected chi connectivity index (χ3v) is 2.31. The summed E-state index contributed by atoms with van der Waals surface area (Å²) >= 11 is 0.959. The monoisotopic (exact) mass is 244 g/mol. The van der Waals surface area contributed by atoms with Crippen LogP contribution in [-0.4, -0.2) is 28.8 Å². The van der Waals surface area contributed by atoms with Gasteiger partial charge in [-0.25, -0.2) is 9.59 Å². The van der Waals surface area contributed by atoms with Gasteiger partial charge in [0.1, 0.15) is 0 Å². The fourth-order valence-electron chi connectivity index (χ4n) is 0.823. The molecule has 1 rings (SSSR count). The van der Waals surface area contributed by atoms with Crippen LogP contribution in [0.3, 0.4) is 0 Å². The van der Waals surface area contributed by atoms with Crippen molar-refractivity contribution in [3.8, 4) is 0 Å². The first-order chi connectivity index (χ1) is 7.49. The number of urea groups is 1. The van der Waals surface area contributed by atoms with E-state index < -0.39 is 17.9 Å². The molecule has 0 saturated heterocycles. The molecule has 86 valence electrons. The van der Waals surface area contributed by atoms with Crippen molar-refractivity contribution in [3.63, 3.8) is 0 Å². The summed E-state index contributed by atoms with van der Waals surface area (Å²) in [4.78, 5) is 31.7. The van der Waals surface area contributed by atoms with Crippen LogP contribution in [0.4, 0.5) is 4.79 Å². The highest BCUT2D eigenvalue weighted by Crippen LogP contribution is 2.20. The highest BCUT2D eigenvalue weighted by molar-refractivity contribution is 7.99. The third kappa shape index (κ3) is 3.65. The van der Waals surface area contributed by atoms with E-state index in [0.29, 0.717) is 0 Å². The lowest BCUT2D eigenvalue weighted by atomic mass is 10.5. The summed E-state index contributed by atoms with van der Waals surface area (Å²) in [5.74, 6) is -2.06. The van der Waals surface area contributed by atoms with Crippen molar-refractivity contribution in [1.29, 1.82) is 0 Å². The summed E-state index contributed by atoms with van der Waals surface area (Å²) in [6.07, 6.45) is 0. The number of hydrogen-bond acceptors (Lipinski definition) is 5. The maximum atomic E-state index is 11.0. The van der Waals surface area contributed by atoms with E-state index in [4.69, 9.17) is 15.3 Å². The average Bonchev–Trinajstić information content (AvgIpc) is 2.61. The molecule has 4 N–H and O–H groups in total. The van der Waals surface area contributed by atoms with E-state index in [1.807, 2.05) is 5.32 Å². The Morgan fingerprint density at radius 1 is 1.44 bits per heavy atom. The lowest BCUT2D eigenvalue weighted by Crippen LogP contribution is -2.36. The van der Waals surface area contributed by atoms with Crippen LogP contribution in [0.25, 0.3) is 0 Å². The van der Waals surface area contributed by atoms with Gasteiger partial charge < -0.3 is 15.3 Å². The van der Waals surface area contributed by atoms with Crippen molar-refractivity contribution in [2.24, 2.45) is 5.73 Å². The lowest BCUT2D eigenvalue weighted by Gasteiger charge is -1.98. The van der Waals surface area contributed by atoms with E-state index in [9.17, 15) is 14.4 Å². The van der Waals surface area contributed by atoms with Crippen LogP contribution in [0.5, 0.6) is 0 Å². The molecule has 0 fully saturated rings. The maximum absolute atomic E-state index is 11.0. The second-order valence-corrected chi connectivity index (χ2v) is 3.60. The summed E-state index contributed by atoms with van der Waals surface area (Å²) in [6.45, 7) is 0. The molecule has 0 spiro atoms. The van der Waals surface area contributed by atoms with Crippen molar-refractivity contribution in [2.45, 2.75) is 5.09 Å². The summed E-state index contributed by atoms with van der Waals surface area (Å²) in [7, 11) is 0. The summed E-state index contributed by atoms with van der Waals surface area (Å²) in [5, 5.41) is 10.7. The number of hydrogen-bond donors (Lipinski definition) is 3. The molecule has 16 heavy (non-hydrogen) atoms. The SMILES string of the molecule is NC(=O)NC(=O)CSc1ccc(C(=O)O)o1. The van der Waals surface area contributed by atoms with E-state index >= 15 is 0 Å². The molecule has 0 aliphatic carbocycles. The van der Waals surface area contributed by atoms with Gasteiger partial charge >= 0.3 is 12.0 Å². The van der Waals surface area contributed by atoms with E-state index in [1.165, 1.54) is 12.1 Å². The largest absolute Gasteiger partial charge is 0.475 e.